The Balaban J connectivity index is 0.00000120. The number of H-pyrrole nitrogens is 2. The van der Waals surface area contributed by atoms with Crippen molar-refractivity contribution < 1.29 is 0 Å². The molecular formula is C10H10ClN5OS. The van der Waals surface area contributed by atoms with Gasteiger partial charge in [0.25, 0.3) is 5.56 Å². The van der Waals surface area contributed by atoms with Crippen LogP contribution in [0.5, 0.6) is 0 Å². The third kappa shape index (κ3) is 2.22. The van der Waals surface area contributed by atoms with E-state index in [1.165, 1.54) is 4.88 Å². The van der Waals surface area contributed by atoms with Crippen LogP contribution in [0.4, 0.5) is 5.95 Å². The molecule has 0 aliphatic carbocycles. The smallest absolute Gasteiger partial charge is 0.278 e. The molecule has 0 aromatic carbocycles. The van der Waals surface area contributed by atoms with Crippen molar-refractivity contribution in [2.45, 2.75) is 6.42 Å². The third-order valence-electron chi connectivity index (χ3n) is 2.35. The average Bonchev–Trinajstić information content (AvgIpc) is 2.87. The van der Waals surface area contributed by atoms with Gasteiger partial charge in [-0.1, -0.05) is 6.07 Å². The van der Waals surface area contributed by atoms with Gasteiger partial charge in [0.1, 0.15) is 5.82 Å². The van der Waals surface area contributed by atoms with Crippen LogP contribution in [0.1, 0.15) is 10.7 Å². The number of hydrogen-bond acceptors (Lipinski definition) is 5. The monoisotopic (exact) mass is 283 g/mol. The van der Waals surface area contributed by atoms with Gasteiger partial charge in [0.15, 0.2) is 11.2 Å². The van der Waals surface area contributed by atoms with Gasteiger partial charge in [0.05, 0.1) is 0 Å². The Morgan fingerprint density at radius 2 is 2.17 bits per heavy atom. The molecule has 0 fully saturated rings. The summed E-state index contributed by atoms with van der Waals surface area (Å²) in [6.45, 7) is 0. The largest absolute Gasteiger partial charge is 0.369 e. The summed E-state index contributed by atoms with van der Waals surface area (Å²) in [6, 6.07) is 4.00. The van der Waals surface area contributed by atoms with Crippen molar-refractivity contribution in [3.05, 3.63) is 38.6 Å². The number of nitrogens with two attached hydrogens (primary N) is 1. The molecule has 6 nitrogen and oxygen atoms in total. The molecule has 8 heteroatoms. The van der Waals surface area contributed by atoms with Crippen LogP contribution >= 0.6 is 23.7 Å². The summed E-state index contributed by atoms with van der Waals surface area (Å²) in [5.74, 6) is 0.794. The predicted molar refractivity (Wildman–Crippen MR) is 73.3 cm³/mol. The van der Waals surface area contributed by atoms with Crippen molar-refractivity contribution in [1.29, 1.82) is 0 Å². The highest BCUT2D eigenvalue weighted by atomic mass is 35.5. The van der Waals surface area contributed by atoms with E-state index in [-0.39, 0.29) is 23.9 Å². The molecule has 0 spiro atoms. The summed E-state index contributed by atoms with van der Waals surface area (Å²) in [6.07, 6.45) is 0.660. The second-order valence-electron chi connectivity index (χ2n) is 3.59. The van der Waals surface area contributed by atoms with E-state index in [0.29, 0.717) is 23.4 Å². The number of anilines is 1. The number of thiophene rings is 1. The molecule has 3 aromatic heterocycles. The Morgan fingerprint density at radius 3 is 2.89 bits per heavy atom. The van der Waals surface area contributed by atoms with Gasteiger partial charge in [-0.05, 0) is 11.4 Å². The first-order chi connectivity index (χ1) is 8.22. The third-order valence-corrected chi connectivity index (χ3v) is 3.23. The van der Waals surface area contributed by atoms with Crippen LogP contribution in [0, 0.1) is 0 Å². The summed E-state index contributed by atoms with van der Waals surface area (Å²) >= 11 is 1.64. The fourth-order valence-electron chi connectivity index (χ4n) is 1.63. The van der Waals surface area contributed by atoms with Crippen LogP contribution in [-0.4, -0.2) is 19.9 Å². The van der Waals surface area contributed by atoms with Gasteiger partial charge in [-0.15, -0.1) is 23.7 Å². The zero-order valence-corrected chi connectivity index (χ0v) is 10.8. The molecule has 18 heavy (non-hydrogen) atoms. The van der Waals surface area contributed by atoms with Crippen LogP contribution in [0.3, 0.4) is 0 Å². The molecule has 94 valence electrons. The van der Waals surface area contributed by atoms with Crippen molar-refractivity contribution in [2.75, 3.05) is 5.73 Å². The van der Waals surface area contributed by atoms with E-state index in [2.05, 4.69) is 19.9 Å². The highest BCUT2D eigenvalue weighted by Gasteiger charge is 2.09. The Kier molecular flexibility index (Phi) is 3.35. The number of aromatic amines is 2. The fourth-order valence-corrected chi connectivity index (χ4v) is 2.34. The first-order valence-electron chi connectivity index (χ1n) is 4.99. The molecule has 3 aromatic rings. The van der Waals surface area contributed by atoms with Crippen LogP contribution in [-0.2, 0) is 6.42 Å². The number of halogens is 1. The lowest BCUT2D eigenvalue weighted by atomic mass is 10.3. The van der Waals surface area contributed by atoms with Crippen molar-refractivity contribution in [3.8, 4) is 0 Å². The van der Waals surface area contributed by atoms with Crippen molar-refractivity contribution >= 4 is 40.9 Å². The van der Waals surface area contributed by atoms with E-state index in [1.54, 1.807) is 11.3 Å². The molecule has 4 N–H and O–H groups in total. The van der Waals surface area contributed by atoms with Gasteiger partial charge in [0.2, 0.25) is 5.95 Å². The SMILES string of the molecule is Cl.Nc1nc2nc(Cc3cccs3)[nH]c2c(=O)[nH]1. The van der Waals surface area contributed by atoms with Crippen LogP contribution in [0.25, 0.3) is 11.2 Å². The number of rotatable bonds is 2. The van der Waals surface area contributed by atoms with Crippen molar-refractivity contribution in [1.82, 2.24) is 19.9 Å². The predicted octanol–water partition coefficient (Wildman–Crippen LogP) is 1.30. The summed E-state index contributed by atoms with van der Waals surface area (Å²) in [4.78, 5) is 26.4. The van der Waals surface area contributed by atoms with Gasteiger partial charge in [-0.3, -0.25) is 9.78 Å². The quantitative estimate of drug-likeness (QED) is 0.660. The van der Waals surface area contributed by atoms with Gasteiger partial charge >= 0.3 is 0 Å². The molecule has 0 bridgehead atoms. The second kappa shape index (κ2) is 4.79. The summed E-state index contributed by atoms with van der Waals surface area (Å²) in [7, 11) is 0. The fraction of sp³-hybridized carbons (Fsp3) is 0.100. The van der Waals surface area contributed by atoms with E-state index < -0.39 is 0 Å². The summed E-state index contributed by atoms with van der Waals surface area (Å²) < 4.78 is 0. The zero-order valence-electron chi connectivity index (χ0n) is 9.14. The molecule has 0 unspecified atom stereocenters. The molecule has 3 rings (SSSR count). The first-order valence-corrected chi connectivity index (χ1v) is 5.87. The summed E-state index contributed by atoms with van der Waals surface area (Å²) in [5.41, 5.74) is 5.88. The number of imidazole rings is 1. The highest BCUT2D eigenvalue weighted by molar-refractivity contribution is 7.09. The number of aromatic nitrogens is 4. The Bertz CT molecular complexity index is 718. The average molecular weight is 284 g/mol. The molecule has 0 aliphatic heterocycles. The van der Waals surface area contributed by atoms with Gasteiger partial charge < -0.3 is 10.7 Å². The van der Waals surface area contributed by atoms with Gasteiger partial charge in [-0.25, -0.2) is 4.98 Å². The minimum absolute atomic E-state index is 0. The number of fused-ring (bicyclic) bond motifs is 1. The number of nitrogens with zero attached hydrogens (tertiary/aromatic N) is 2. The Labute approximate surface area is 112 Å². The normalized spacial score (nSPS) is 10.4. The van der Waals surface area contributed by atoms with E-state index in [4.69, 9.17) is 5.73 Å². The maximum absolute atomic E-state index is 11.6. The lowest BCUT2D eigenvalue weighted by molar-refractivity contribution is 1.05. The van der Waals surface area contributed by atoms with Gasteiger partial charge in [-0.2, -0.15) is 4.98 Å². The number of hydrogen-bond donors (Lipinski definition) is 3. The highest BCUT2D eigenvalue weighted by Crippen LogP contribution is 2.14. The van der Waals surface area contributed by atoms with E-state index in [0.717, 1.165) is 0 Å². The van der Waals surface area contributed by atoms with E-state index >= 15 is 0 Å². The zero-order chi connectivity index (χ0) is 11.8. The van der Waals surface area contributed by atoms with Crippen LogP contribution in [0.15, 0.2) is 22.3 Å². The lowest BCUT2D eigenvalue weighted by Gasteiger charge is -1.90. The Morgan fingerprint density at radius 1 is 1.33 bits per heavy atom. The Hall–Kier alpha value is -1.86. The standard InChI is InChI=1S/C10H9N5OS.ClH/c11-10-14-8-7(9(16)15-10)12-6(13-8)4-5-2-1-3-17-5;/h1-3H,4H2,(H4,11,12,13,14,15,16);1H. The van der Waals surface area contributed by atoms with Crippen LogP contribution < -0.4 is 11.3 Å². The molecule has 0 saturated carbocycles. The topological polar surface area (TPSA) is 100 Å². The number of nitrogens with one attached hydrogen (secondary N) is 2. The second-order valence-corrected chi connectivity index (χ2v) is 4.62. The van der Waals surface area contributed by atoms with Crippen LogP contribution in [0.2, 0.25) is 0 Å². The van der Waals surface area contributed by atoms with E-state index in [9.17, 15) is 4.79 Å². The van der Waals surface area contributed by atoms with Crippen molar-refractivity contribution in [3.63, 3.8) is 0 Å². The summed E-state index contributed by atoms with van der Waals surface area (Å²) in [5, 5.41) is 2.00. The minimum atomic E-state index is -0.294. The molecule has 0 aliphatic rings. The molecule has 3 heterocycles. The molecule has 0 atom stereocenters. The van der Waals surface area contributed by atoms with E-state index in [1.807, 2.05) is 17.5 Å². The van der Waals surface area contributed by atoms with Crippen molar-refractivity contribution in [2.24, 2.45) is 0 Å². The molecule has 0 amide bonds. The first kappa shape index (κ1) is 12.6. The maximum Gasteiger partial charge on any atom is 0.278 e. The maximum atomic E-state index is 11.6. The number of nitrogen functional groups attached to an aromatic ring is 1. The molecular weight excluding hydrogens is 274 g/mol. The lowest BCUT2D eigenvalue weighted by Crippen LogP contribution is -2.10. The molecule has 0 saturated heterocycles. The molecule has 0 radical (unpaired) electrons. The minimum Gasteiger partial charge on any atom is -0.369 e. The van der Waals surface area contributed by atoms with Gasteiger partial charge in [0, 0.05) is 11.3 Å².